The minimum absolute atomic E-state index is 0.0147. The van der Waals surface area contributed by atoms with Crippen molar-refractivity contribution < 1.29 is 0 Å². The Balaban J connectivity index is 1.29. The van der Waals surface area contributed by atoms with Crippen molar-refractivity contribution >= 4 is 17.1 Å². The molecular formula is C56H55N. The van der Waals surface area contributed by atoms with Crippen LogP contribution in [0.2, 0.25) is 0 Å². The third-order valence-corrected chi connectivity index (χ3v) is 13.0. The lowest BCUT2D eigenvalue weighted by atomic mass is 9.81. The zero-order valence-electron chi connectivity index (χ0n) is 35.4. The monoisotopic (exact) mass is 741 g/mol. The fourth-order valence-electron chi connectivity index (χ4n) is 9.62. The van der Waals surface area contributed by atoms with Crippen molar-refractivity contribution in [3.8, 4) is 44.5 Å². The Morgan fingerprint density at radius 2 is 0.772 bits per heavy atom. The van der Waals surface area contributed by atoms with Gasteiger partial charge in [0.1, 0.15) is 0 Å². The lowest BCUT2D eigenvalue weighted by molar-refractivity contribution is 0.590. The molecule has 284 valence electrons. The largest absolute Gasteiger partial charge is 0.310 e. The van der Waals surface area contributed by atoms with E-state index in [2.05, 4.69) is 226 Å². The molecule has 2 aliphatic rings. The molecule has 0 aliphatic heterocycles. The molecule has 0 heterocycles. The SMILES string of the molecule is CC(C)(C)c1ccc(-c2ccc(C(C)(C)C)cc2-c2ccccc2N(c2ccc3c(c2)C(C)(C)c2ccccc2-3)c2ccc3c(c2)C(C)(C)c2ccccc2-3)cc1. The highest BCUT2D eigenvalue weighted by molar-refractivity contribution is 5.96. The Morgan fingerprint density at radius 3 is 1.28 bits per heavy atom. The van der Waals surface area contributed by atoms with E-state index >= 15 is 0 Å². The maximum atomic E-state index is 2.53. The molecule has 1 heteroatoms. The Hall–Kier alpha value is -5.66. The van der Waals surface area contributed by atoms with E-state index in [-0.39, 0.29) is 21.7 Å². The van der Waals surface area contributed by atoms with Gasteiger partial charge in [-0.3, -0.25) is 0 Å². The van der Waals surface area contributed by atoms with E-state index in [1.54, 1.807) is 0 Å². The highest BCUT2D eigenvalue weighted by Crippen LogP contribution is 2.54. The van der Waals surface area contributed by atoms with Crippen molar-refractivity contribution in [3.05, 3.63) is 185 Å². The molecular weight excluding hydrogens is 687 g/mol. The maximum Gasteiger partial charge on any atom is 0.0540 e. The molecule has 7 aromatic carbocycles. The van der Waals surface area contributed by atoms with Crippen LogP contribution in [0.1, 0.15) is 103 Å². The van der Waals surface area contributed by atoms with Gasteiger partial charge in [0.2, 0.25) is 0 Å². The van der Waals surface area contributed by atoms with E-state index in [1.165, 1.54) is 89.3 Å². The van der Waals surface area contributed by atoms with Gasteiger partial charge in [-0.2, -0.15) is 0 Å². The standard InChI is InChI=1S/C56H55N/c1-53(2,3)37-25-23-36(24-26-37)41-30-27-38(54(4,5)6)33-47(41)46-19-13-16-22-52(46)57(39-28-31-44-42-17-11-14-20-48(42)55(7,8)50(44)34-39)40-29-32-45-43-18-12-15-21-49(43)56(9,10)51(45)35-40/h11-35H,1-10H3. The van der Waals surface area contributed by atoms with Gasteiger partial charge in [0.05, 0.1) is 5.69 Å². The molecule has 0 saturated heterocycles. The first-order chi connectivity index (χ1) is 27.0. The van der Waals surface area contributed by atoms with E-state index in [4.69, 9.17) is 0 Å². The van der Waals surface area contributed by atoms with Crippen molar-refractivity contribution in [1.29, 1.82) is 0 Å². The Bertz CT molecular complexity index is 2580. The van der Waals surface area contributed by atoms with Crippen LogP contribution in [-0.4, -0.2) is 0 Å². The summed E-state index contributed by atoms with van der Waals surface area (Å²) in [7, 11) is 0. The van der Waals surface area contributed by atoms with Gasteiger partial charge in [-0.1, -0.05) is 184 Å². The molecule has 9 rings (SSSR count). The summed E-state index contributed by atoms with van der Waals surface area (Å²) in [5, 5.41) is 0. The second kappa shape index (κ2) is 12.9. The number of hydrogen-bond donors (Lipinski definition) is 0. The summed E-state index contributed by atoms with van der Waals surface area (Å²) in [5.41, 5.74) is 21.8. The average molecular weight is 742 g/mol. The van der Waals surface area contributed by atoms with Crippen LogP contribution in [0.25, 0.3) is 44.5 Å². The summed E-state index contributed by atoms with van der Waals surface area (Å²) in [5.74, 6) is 0. The molecule has 2 aliphatic carbocycles. The van der Waals surface area contributed by atoms with Crippen molar-refractivity contribution in [2.24, 2.45) is 0 Å². The van der Waals surface area contributed by atoms with E-state index in [1.807, 2.05) is 0 Å². The highest BCUT2D eigenvalue weighted by atomic mass is 15.1. The van der Waals surface area contributed by atoms with Crippen molar-refractivity contribution in [2.45, 2.75) is 90.9 Å². The lowest BCUT2D eigenvalue weighted by Crippen LogP contribution is -2.18. The molecule has 57 heavy (non-hydrogen) atoms. The molecule has 0 amide bonds. The quantitative estimate of drug-likeness (QED) is 0.170. The number of benzene rings is 7. The lowest BCUT2D eigenvalue weighted by Gasteiger charge is -2.32. The number of hydrogen-bond acceptors (Lipinski definition) is 1. The minimum atomic E-state index is -0.123. The zero-order chi connectivity index (χ0) is 40.1. The molecule has 0 saturated carbocycles. The number of para-hydroxylation sites is 1. The molecule has 0 bridgehead atoms. The fourth-order valence-corrected chi connectivity index (χ4v) is 9.62. The fraction of sp³-hybridized carbons (Fsp3) is 0.250. The normalized spacial score (nSPS) is 14.8. The molecule has 7 aromatic rings. The van der Waals surface area contributed by atoms with Gasteiger partial charge in [0, 0.05) is 27.8 Å². The molecule has 0 fully saturated rings. The zero-order valence-corrected chi connectivity index (χ0v) is 35.4. The topological polar surface area (TPSA) is 3.24 Å². The molecule has 1 nitrogen and oxygen atoms in total. The van der Waals surface area contributed by atoms with Gasteiger partial charge < -0.3 is 4.90 Å². The molecule has 0 unspecified atom stereocenters. The second-order valence-electron chi connectivity index (χ2n) is 19.5. The Morgan fingerprint density at radius 1 is 0.351 bits per heavy atom. The molecule has 0 spiro atoms. The first-order valence-electron chi connectivity index (χ1n) is 20.7. The first kappa shape index (κ1) is 36.9. The van der Waals surface area contributed by atoms with Crippen LogP contribution < -0.4 is 4.90 Å². The summed E-state index contributed by atoms with van der Waals surface area (Å²) in [4.78, 5) is 2.53. The molecule has 0 aromatic heterocycles. The highest BCUT2D eigenvalue weighted by Gasteiger charge is 2.38. The number of fused-ring (bicyclic) bond motifs is 6. The summed E-state index contributed by atoms with van der Waals surface area (Å²) in [6, 6.07) is 57.7. The third-order valence-electron chi connectivity index (χ3n) is 13.0. The predicted octanol–water partition coefficient (Wildman–Crippen LogP) is 15.7. The van der Waals surface area contributed by atoms with Gasteiger partial charge in [-0.25, -0.2) is 0 Å². The summed E-state index contributed by atoms with van der Waals surface area (Å²) < 4.78 is 0. The van der Waals surface area contributed by atoms with E-state index in [0.717, 1.165) is 5.69 Å². The van der Waals surface area contributed by atoms with Crippen molar-refractivity contribution in [1.82, 2.24) is 0 Å². The number of rotatable bonds is 5. The van der Waals surface area contributed by atoms with Crippen LogP contribution in [0.5, 0.6) is 0 Å². The second-order valence-corrected chi connectivity index (χ2v) is 19.5. The molecule has 0 N–H and O–H groups in total. The smallest absolute Gasteiger partial charge is 0.0540 e. The number of anilines is 3. The minimum Gasteiger partial charge on any atom is -0.310 e. The van der Waals surface area contributed by atoms with Gasteiger partial charge in [0.15, 0.2) is 0 Å². The summed E-state index contributed by atoms with van der Waals surface area (Å²) in [6.45, 7) is 23.3. The van der Waals surface area contributed by atoms with Crippen LogP contribution in [0.15, 0.2) is 152 Å². The Labute approximate surface area is 341 Å². The van der Waals surface area contributed by atoms with Crippen molar-refractivity contribution in [2.75, 3.05) is 4.90 Å². The third kappa shape index (κ3) is 5.97. The van der Waals surface area contributed by atoms with Crippen LogP contribution in [0.3, 0.4) is 0 Å². The number of nitrogens with zero attached hydrogens (tertiary/aromatic N) is 1. The van der Waals surface area contributed by atoms with Crippen LogP contribution in [-0.2, 0) is 21.7 Å². The van der Waals surface area contributed by atoms with E-state index in [0.29, 0.717) is 0 Å². The van der Waals surface area contributed by atoms with Crippen LogP contribution in [0, 0.1) is 0 Å². The van der Waals surface area contributed by atoms with E-state index in [9.17, 15) is 0 Å². The molecule has 0 atom stereocenters. The predicted molar refractivity (Wildman–Crippen MR) is 245 cm³/mol. The van der Waals surface area contributed by atoms with Gasteiger partial charge >= 0.3 is 0 Å². The van der Waals surface area contributed by atoms with Gasteiger partial charge in [-0.15, -0.1) is 0 Å². The van der Waals surface area contributed by atoms with Crippen LogP contribution in [0.4, 0.5) is 17.1 Å². The van der Waals surface area contributed by atoms with Gasteiger partial charge in [0.25, 0.3) is 0 Å². The van der Waals surface area contributed by atoms with Crippen LogP contribution >= 0.6 is 0 Å². The molecule has 0 radical (unpaired) electrons. The summed E-state index contributed by atoms with van der Waals surface area (Å²) >= 11 is 0. The summed E-state index contributed by atoms with van der Waals surface area (Å²) in [6.07, 6.45) is 0. The Kier molecular flexibility index (Phi) is 8.38. The maximum absolute atomic E-state index is 2.53. The van der Waals surface area contributed by atoms with Gasteiger partial charge in [-0.05, 0) is 120 Å². The van der Waals surface area contributed by atoms with Crippen molar-refractivity contribution in [3.63, 3.8) is 0 Å². The average Bonchev–Trinajstić information content (AvgIpc) is 3.56. The first-order valence-corrected chi connectivity index (χ1v) is 20.7. The van der Waals surface area contributed by atoms with E-state index < -0.39 is 0 Å².